The Morgan fingerprint density at radius 1 is 1.50 bits per heavy atom. The second-order valence-corrected chi connectivity index (χ2v) is 5.53. The zero-order valence-electron chi connectivity index (χ0n) is 11.0. The summed E-state index contributed by atoms with van der Waals surface area (Å²) in [5, 5.41) is 0.211. The molecule has 0 aromatic carbocycles. The van der Waals surface area contributed by atoms with E-state index in [1.807, 2.05) is 13.8 Å². The van der Waals surface area contributed by atoms with Crippen molar-refractivity contribution in [1.29, 1.82) is 0 Å². The molecule has 1 aromatic rings. The lowest BCUT2D eigenvalue weighted by atomic mass is 9.94. The molecule has 100 valence electrons. The summed E-state index contributed by atoms with van der Waals surface area (Å²) in [4.78, 5) is 18.5. The SMILES string of the molecule is CCn1ccnc(N2CCC(C(C)Cl)CC2)c1=O. The molecule has 1 fully saturated rings. The molecule has 4 nitrogen and oxygen atoms in total. The van der Waals surface area contributed by atoms with Gasteiger partial charge in [-0.25, -0.2) is 4.98 Å². The molecule has 0 bridgehead atoms. The van der Waals surface area contributed by atoms with Gasteiger partial charge in [0.25, 0.3) is 5.56 Å². The van der Waals surface area contributed by atoms with Crippen LogP contribution in [0.1, 0.15) is 26.7 Å². The van der Waals surface area contributed by atoms with Gasteiger partial charge in [0, 0.05) is 37.4 Å². The van der Waals surface area contributed by atoms with Gasteiger partial charge in [0.05, 0.1) is 0 Å². The van der Waals surface area contributed by atoms with Crippen molar-refractivity contribution in [1.82, 2.24) is 9.55 Å². The van der Waals surface area contributed by atoms with Crippen LogP contribution in [0.25, 0.3) is 0 Å². The molecule has 1 atom stereocenters. The van der Waals surface area contributed by atoms with Gasteiger partial charge < -0.3 is 9.47 Å². The summed E-state index contributed by atoms with van der Waals surface area (Å²) in [6.07, 6.45) is 5.51. The normalized spacial score (nSPS) is 18.9. The van der Waals surface area contributed by atoms with Gasteiger partial charge in [-0.3, -0.25) is 4.79 Å². The van der Waals surface area contributed by atoms with Gasteiger partial charge in [-0.1, -0.05) is 0 Å². The van der Waals surface area contributed by atoms with Crippen LogP contribution in [0.3, 0.4) is 0 Å². The van der Waals surface area contributed by atoms with Crippen LogP contribution < -0.4 is 10.5 Å². The van der Waals surface area contributed by atoms with E-state index in [4.69, 9.17) is 11.6 Å². The Kier molecular flexibility index (Phi) is 4.27. The molecule has 1 aliphatic rings. The van der Waals surface area contributed by atoms with E-state index in [9.17, 15) is 4.79 Å². The minimum atomic E-state index is 0.0115. The summed E-state index contributed by atoms with van der Waals surface area (Å²) in [6, 6.07) is 0. The summed E-state index contributed by atoms with van der Waals surface area (Å²) in [5.74, 6) is 1.14. The Morgan fingerprint density at radius 3 is 2.72 bits per heavy atom. The first kappa shape index (κ1) is 13.4. The Morgan fingerprint density at radius 2 is 2.17 bits per heavy atom. The Hall–Kier alpha value is -1.03. The molecule has 1 aliphatic heterocycles. The summed E-state index contributed by atoms with van der Waals surface area (Å²) in [5.41, 5.74) is 0.0115. The maximum Gasteiger partial charge on any atom is 0.293 e. The predicted molar refractivity (Wildman–Crippen MR) is 74.4 cm³/mol. The fourth-order valence-corrected chi connectivity index (χ4v) is 2.72. The number of rotatable bonds is 3. The fraction of sp³-hybridized carbons (Fsp3) is 0.692. The lowest BCUT2D eigenvalue weighted by Crippen LogP contribution is -2.40. The standard InChI is InChI=1S/C13H20ClN3O/c1-3-16-9-6-15-12(13(16)18)17-7-4-11(5-8-17)10(2)14/h6,9-11H,3-5,7-8H2,1-2H3. The smallest absolute Gasteiger partial charge is 0.293 e. The average Bonchev–Trinajstić information content (AvgIpc) is 2.39. The van der Waals surface area contributed by atoms with Crippen molar-refractivity contribution in [2.75, 3.05) is 18.0 Å². The van der Waals surface area contributed by atoms with Gasteiger partial charge in [-0.15, -0.1) is 11.6 Å². The highest BCUT2D eigenvalue weighted by Crippen LogP contribution is 2.25. The van der Waals surface area contributed by atoms with Crippen molar-refractivity contribution >= 4 is 17.4 Å². The molecule has 1 unspecified atom stereocenters. The molecule has 0 spiro atoms. The zero-order chi connectivity index (χ0) is 13.1. The first-order chi connectivity index (χ1) is 8.63. The molecular weight excluding hydrogens is 250 g/mol. The minimum Gasteiger partial charge on any atom is -0.352 e. The van der Waals surface area contributed by atoms with Crippen LogP contribution in [0.5, 0.6) is 0 Å². The summed E-state index contributed by atoms with van der Waals surface area (Å²) in [7, 11) is 0. The third-order valence-corrected chi connectivity index (χ3v) is 4.08. The molecule has 5 heteroatoms. The Bertz CT molecular complexity index is 450. The molecular formula is C13H20ClN3O. The van der Waals surface area contributed by atoms with E-state index in [-0.39, 0.29) is 10.9 Å². The molecule has 1 aromatic heterocycles. The number of hydrogen-bond donors (Lipinski definition) is 0. The van der Waals surface area contributed by atoms with E-state index in [1.54, 1.807) is 17.0 Å². The molecule has 0 radical (unpaired) electrons. The molecule has 1 saturated heterocycles. The fourth-order valence-electron chi connectivity index (χ4n) is 2.47. The number of alkyl halides is 1. The van der Waals surface area contributed by atoms with Crippen LogP contribution in [0.2, 0.25) is 0 Å². The van der Waals surface area contributed by atoms with Gasteiger partial charge in [0.15, 0.2) is 5.82 Å². The third-order valence-electron chi connectivity index (χ3n) is 3.72. The van der Waals surface area contributed by atoms with Crippen molar-refractivity contribution in [3.05, 3.63) is 22.7 Å². The molecule has 0 aliphatic carbocycles. The summed E-state index contributed by atoms with van der Waals surface area (Å²) in [6.45, 7) is 6.44. The monoisotopic (exact) mass is 269 g/mol. The number of hydrogen-bond acceptors (Lipinski definition) is 3. The van der Waals surface area contributed by atoms with Gasteiger partial charge in [-0.05, 0) is 32.6 Å². The second kappa shape index (κ2) is 5.74. The van der Waals surface area contributed by atoms with Crippen LogP contribution >= 0.6 is 11.6 Å². The second-order valence-electron chi connectivity index (χ2n) is 4.84. The number of halogens is 1. The lowest BCUT2D eigenvalue weighted by molar-refractivity contribution is 0.397. The van der Waals surface area contributed by atoms with E-state index >= 15 is 0 Å². The van der Waals surface area contributed by atoms with Crippen LogP contribution in [0, 0.1) is 5.92 Å². The van der Waals surface area contributed by atoms with E-state index < -0.39 is 0 Å². The van der Waals surface area contributed by atoms with Gasteiger partial charge in [0.2, 0.25) is 0 Å². The van der Waals surface area contributed by atoms with Crippen molar-refractivity contribution in [3.63, 3.8) is 0 Å². The summed E-state index contributed by atoms with van der Waals surface area (Å²) >= 11 is 6.13. The zero-order valence-corrected chi connectivity index (χ0v) is 11.7. The van der Waals surface area contributed by atoms with Crippen molar-refractivity contribution < 1.29 is 0 Å². The molecule has 0 saturated carbocycles. The molecule has 2 rings (SSSR count). The van der Waals surface area contributed by atoms with E-state index in [1.165, 1.54) is 0 Å². The highest BCUT2D eigenvalue weighted by Gasteiger charge is 2.24. The first-order valence-electron chi connectivity index (χ1n) is 6.58. The highest BCUT2D eigenvalue weighted by atomic mass is 35.5. The molecule has 2 heterocycles. The average molecular weight is 270 g/mol. The Labute approximate surface area is 113 Å². The molecule has 18 heavy (non-hydrogen) atoms. The van der Waals surface area contributed by atoms with Crippen LogP contribution in [0.4, 0.5) is 5.82 Å². The predicted octanol–water partition coefficient (Wildman–Crippen LogP) is 2.11. The summed E-state index contributed by atoms with van der Waals surface area (Å²) < 4.78 is 1.69. The third kappa shape index (κ3) is 2.69. The van der Waals surface area contributed by atoms with Crippen LogP contribution in [0.15, 0.2) is 17.2 Å². The van der Waals surface area contributed by atoms with E-state index in [0.717, 1.165) is 25.9 Å². The highest BCUT2D eigenvalue weighted by molar-refractivity contribution is 6.20. The number of anilines is 1. The maximum atomic E-state index is 12.1. The van der Waals surface area contributed by atoms with E-state index in [2.05, 4.69) is 9.88 Å². The number of nitrogens with zero attached hydrogens (tertiary/aromatic N) is 3. The van der Waals surface area contributed by atoms with Gasteiger partial charge in [0.1, 0.15) is 0 Å². The van der Waals surface area contributed by atoms with Gasteiger partial charge in [-0.2, -0.15) is 0 Å². The number of piperidine rings is 1. The molecule has 0 amide bonds. The quantitative estimate of drug-likeness (QED) is 0.789. The van der Waals surface area contributed by atoms with E-state index in [0.29, 0.717) is 18.3 Å². The van der Waals surface area contributed by atoms with Crippen LogP contribution in [-0.2, 0) is 6.54 Å². The van der Waals surface area contributed by atoms with Gasteiger partial charge >= 0.3 is 0 Å². The maximum absolute atomic E-state index is 12.1. The van der Waals surface area contributed by atoms with Crippen LogP contribution in [-0.4, -0.2) is 28.0 Å². The lowest BCUT2D eigenvalue weighted by Gasteiger charge is -2.33. The largest absolute Gasteiger partial charge is 0.352 e. The first-order valence-corrected chi connectivity index (χ1v) is 7.01. The minimum absolute atomic E-state index is 0.0115. The Balaban J connectivity index is 2.13. The van der Waals surface area contributed by atoms with Crippen molar-refractivity contribution in [2.45, 2.75) is 38.6 Å². The van der Waals surface area contributed by atoms with Crippen molar-refractivity contribution in [3.8, 4) is 0 Å². The number of aromatic nitrogens is 2. The van der Waals surface area contributed by atoms with Crippen molar-refractivity contribution in [2.24, 2.45) is 5.92 Å². The topological polar surface area (TPSA) is 38.1 Å². The number of aryl methyl sites for hydroxylation is 1. The molecule has 0 N–H and O–H groups in total.